The van der Waals surface area contributed by atoms with Crippen LogP contribution in [-0.4, -0.2) is 45.3 Å². The second-order valence-electron chi connectivity index (χ2n) is 3.81. The fraction of sp³-hybridized carbons (Fsp3) is 0.455. The van der Waals surface area contributed by atoms with Gasteiger partial charge in [0.15, 0.2) is 10.8 Å². The minimum atomic E-state index is -4.40. The summed E-state index contributed by atoms with van der Waals surface area (Å²) in [4.78, 5) is 0. The van der Waals surface area contributed by atoms with Gasteiger partial charge in [0, 0.05) is 11.9 Å². The maximum atomic E-state index is 12.6. The van der Waals surface area contributed by atoms with E-state index in [-0.39, 0.29) is 13.2 Å². The van der Waals surface area contributed by atoms with Crippen LogP contribution in [0.15, 0.2) is 23.5 Å². The highest BCUT2D eigenvalue weighted by molar-refractivity contribution is 7.99. The van der Waals surface area contributed by atoms with E-state index in [1.165, 1.54) is 22.2 Å². The quantitative estimate of drug-likeness (QED) is 0.652. The average molecular weight is 307 g/mol. The minimum Gasteiger partial charge on any atom is -0.394 e. The molecule has 0 unspecified atom stereocenters. The molecular weight excluding hydrogens is 295 g/mol. The van der Waals surface area contributed by atoms with Gasteiger partial charge < -0.3 is 9.84 Å². The van der Waals surface area contributed by atoms with Crippen LogP contribution in [-0.2, 0) is 10.9 Å². The van der Waals surface area contributed by atoms with Crippen molar-refractivity contribution in [2.24, 2.45) is 0 Å². The fourth-order valence-corrected chi connectivity index (χ4v) is 2.26. The number of aromatic nitrogens is 3. The summed E-state index contributed by atoms with van der Waals surface area (Å²) >= 11 is 1.24. The third-order valence-corrected chi connectivity index (χ3v) is 3.30. The van der Waals surface area contributed by atoms with Gasteiger partial charge in [0.05, 0.1) is 25.4 Å². The van der Waals surface area contributed by atoms with Gasteiger partial charge in [-0.15, -0.1) is 10.2 Å². The van der Waals surface area contributed by atoms with Crippen molar-refractivity contribution in [3.8, 4) is 0 Å². The summed E-state index contributed by atoms with van der Waals surface area (Å²) < 4.78 is 44.3. The summed E-state index contributed by atoms with van der Waals surface area (Å²) in [6.45, 7) is 0.548. The van der Waals surface area contributed by atoms with Crippen LogP contribution >= 0.6 is 11.8 Å². The molecule has 2 heterocycles. The van der Waals surface area contributed by atoms with Crippen LogP contribution < -0.4 is 0 Å². The molecule has 0 bridgehead atoms. The number of aliphatic hydroxyl groups excluding tert-OH is 1. The number of aliphatic hydroxyl groups is 1. The van der Waals surface area contributed by atoms with Gasteiger partial charge in [0.25, 0.3) is 0 Å². The highest BCUT2D eigenvalue weighted by Crippen LogP contribution is 2.30. The molecule has 0 amide bonds. The summed E-state index contributed by atoms with van der Waals surface area (Å²) in [5.74, 6) is 0.511. The summed E-state index contributed by atoms with van der Waals surface area (Å²) in [5.41, 5.74) is -0.389. The van der Waals surface area contributed by atoms with Crippen molar-refractivity contribution in [3.05, 3.63) is 23.9 Å². The van der Waals surface area contributed by atoms with Gasteiger partial charge in [-0.1, -0.05) is 11.8 Å². The number of thioether (sulfide) groups is 1. The van der Waals surface area contributed by atoms with E-state index in [9.17, 15) is 13.2 Å². The van der Waals surface area contributed by atoms with Crippen LogP contribution in [0, 0.1) is 0 Å². The Morgan fingerprint density at radius 3 is 2.75 bits per heavy atom. The monoisotopic (exact) mass is 307 g/mol. The first kappa shape index (κ1) is 15.1. The van der Waals surface area contributed by atoms with E-state index in [4.69, 9.17) is 9.84 Å². The zero-order valence-corrected chi connectivity index (χ0v) is 11.1. The van der Waals surface area contributed by atoms with E-state index in [1.54, 1.807) is 0 Å². The van der Waals surface area contributed by atoms with Crippen molar-refractivity contribution in [3.63, 3.8) is 0 Å². The summed E-state index contributed by atoms with van der Waals surface area (Å²) in [7, 11) is 0. The van der Waals surface area contributed by atoms with Crippen LogP contribution in [0.4, 0.5) is 13.2 Å². The topological polar surface area (TPSA) is 59.7 Å². The van der Waals surface area contributed by atoms with Crippen molar-refractivity contribution >= 4 is 17.4 Å². The highest BCUT2D eigenvalue weighted by atomic mass is 32.2. The lowest BCUT2D eigenvalue weighted by atomic mass is 10.3. The maximum absolute atomic E-state index is 12.6. The molecule has 9 heteroatoms. The molecule has 0 aliphatic rings. The molecule has 2 aromatic heterocycles. The number of fused-ring (bicyclic) bond motifs is 1. The van der Waals surface area contributed by atoms with Gasteiger partial charge in [-0.25, -0.2) is 0 Å². The number of alkyl halides is 3. The Hall–Kier alpha value is -1.32. The molecule has 110 valence electrons. The summed E-state index contributed by atoms with van der Waals surface area (Å²) in [6, 6.07) is 2.25. The van der Waals surface area contributed by atoms with Crippen LogP contribution in [0.5, 0.6) is 0 Å². The highest BCUT2D eigenvalue weighted by Gasteiger charge is 2.31. The average Bonchev–Trinajstić information content (AvgIpc) is 2.80. The largest absolute Gasteiger partial charge is 0.417 e. The Balaban J connectivity index is 2.09. The second kappa shape index (κ2) is 6.42. The third kappa shape index (κ3) is 3.62. The lowest BCUT2D eigenvalue weighted by Crippen LogP contribution is -2.06. The second-order valence-corrected chi connectivity index (χ2v) is 4.87. The van der Waals surface area contributed by atoms with Crippen molar-refractivity contribution in [1.82, 2.24) is 14.6 Å². The standard InChI is InChI=1S/C11H12F3N3O2S/c12-11(13,14)8-1-2-9-15-16-10(17(9)7-8)20-6-5-19-4-3-18/h1-2,7,18H,3-6H2. The van der Waals surface area contributed by atoms with Gasteiger partial charge in [0.2, 0.25) is 0 Å². The Morgan fingerprint density at radius 1 is 1.25 bits per heavy atom. The molecule has 0 aromatic carbocycles. The zero-order valence-electron chi connectivity index (χ0n) is 10.3. The smallest absolute Gasteiger partial charge is 0.394 e. The molecule has 0 aliphatic carbocycles. The molecule has 0 saturated carbocycles. The van der Waals surface area contributed by atoms with Gasteiger partial charge in [-0.2, -0.15) is 13.2 Å². The molecule has 0 radical (unpaired) electrons. The molecule has 0 atom stereocenters. The molecule has 2 aromatic rings. The normalized spacial score (nSPS) is 12.2. The van der Waals surface area contributed by atoms with Crippen molar-refractivity contribution < 1.29 is 23.0 Å². The van der Waals surface area contributed by atoms with E-state index >= 15 is 0 Å². The number of hydrogen-bond acceptors (Lipinski definition) is 5. The van der Waals surface area contributed by atoms with Crippen molar-refractivity contribution in [2.45, 2.75) is 11.3 Å². The predicted molar refractivity (Wildman–Crippen MR) is 66.6 cm³/mol. The van der Waals surface area contributed by atoms with Gasteiger partial charge in [-0.3, -0.25) is 4.40 Å². The molecule has 5 nitrogen and oxygen atoms in total. The molecular formula is C11H12F3N3O2S. The first-order valence-electron chi connectivity index (χ1n) is 5.76. The first-order valence-corrected chi connectivity index (χ1v) is 6.74. The zero-order chi connectivity index (χ0) is 14.6. The minimum absolute atomic E-state index is 0.0620. The Bertz CT molecular complexity index is 574. The molecule has 20 heavy (non-hydrogen) atoms. The van der Waals surface area contributed by atoms with Gasteiger partial charge in [-0.05, 0) is 12.1 Å². The molecule has 0 fully saturated rings. The van der Waals surface area contributed by atoms with E-state index in [2.05, 4.69) is 10.2 Å². The molecule has 0 aliphatic heterocycles. The van der Waals surface area contributed by atoms with Crippen molar-refractivity contribution in [1.29, 1.82) is 0 Å². The van der Waals surface area contributed by atoms with Gasteiger partial charge >= 0.3 is 6.18 Å². The number of pyridine rings is 1. The number of hydrogen-bond donors (Lipinski definition) is 1. The SMILES string of the molecule is OCCOCCSc1nnc2ccc(C(F)(F)F)cn12. The van der Waals surface area contributed by atoms with E-state index in [0.29, 0.717) is 23.2 Å². The van der Waals surface area contributed by atoms with Crippen LogP contribution in [0.2, 0.25) is 0 Å². The summed E-state index contributed by atoms with van der Waals surface area (Å²) in [6.07, 6.45) is -3.42. The van der Waals surface area contributed by atoms with Crippen molar-refractivity contribution in [2.75, 3.05) is 25.6 Å². The van der Waals surface area contributed by atoms with E-state index in [0.717, 1.165) is 12.3 Å². The lowest BCUT2D eigenvalue weighted by Gasteiger charge is -2.07. The molecule has 2 rings (SSSR count). The summed E-state index contributed by atoms with van der Waals surface area (Å²) in [5, 5.41) is 16.5. The van der Waals surface area contributed by atoms with Gasteiger partial charge in [0.1, 0.15) is 0 Å². The predicted octanol–water partition coefficient (Wildman–Crippen LogP) is 1.85. The Labute approximate surface area is 116 Å². The third-order valence-electron chi connectivity index (χ3n) is 2.39. The van der Waals surface area contributed by atoms with Crippen LogP contribution in [0.1, 0.15) is 5.56 Å². The number of nitrogens with zero attached hydrogens (tertiary/aromatic N) is 3. The Morgan fingerprint density at radius 2 is 2.05 bits per heavy atom. The molecule has 1 N–H and O–H groups in total. The fourth-order valence-electron chi connectivity index (χ4n) is 1.49. The number of halogens is 3. The Kier molecular flexibility index (Phi) is 4.84. The van der Waals surface area contributed by atoms with Crippen LogP contribution in [0.25, 0.3) is 5.65 Å². The molecule has 0 saturated heterocycles. The first-order chi connectivity index (χ1) is 9.52. The van der Waals surface area contributed by atoms with E-state index in [1.807, 2.05) is 0 Å². The molecule has 0 spiro atoms. The lowest BCUT2D eigenvalue weighted by molar-refractivity contribution is -0.137. The van der Waals surface area contributed by atoms with Crippen LogP contribution in [0.3, 0.4) is 0 Å². The number of ether oxygens (including phenoxy) is 1. The maximum Gasteiger partial charge on any atom is 0.417 e. The van der Waals surface area contributed by atoms with E-state index < -0.39 is 11.7 Å². The number of rotatable bonds is 6.